The Morgan fingerprint density at radius 1 is 1.12 bits per heavy atom. The summed E-state index contributed by atoms with van der Waals surface area (Å²) in [5.41, 5.74) is 2.36. The summed E-state index contributed by atoms with van der Waals surface area (Å²) in [6.07, 6.45) is 0.786. The van der Waals surface area contributed by atoms with Crippen LogP contribution in [0.4, 0.5) is 0 Å². The first kappa shape index (κ1) is 18.1. The number of fused-ring (bicyclic) bond motifs is 1. The van der Waals surface area contributed by atoms with E-state index in [0.717, 1.165) is 16.5 Å². The van der Waals surface area contributed by atoms with E-state index in [4.69, 9.17) is 0 Å². The van der Waals surface area contributed by atoms with Gasteiger partial charge in [-0.3, -0.25) is 4.79 Å². The Bertz CT molecular complexity index is 881. The van der Waals surface area contributed by atoms with Crippen molar-refractivity contribution in [1.29, 1.82) is 0 Å². The first-order chi connectivity index (χ1) is 11.9. The number of halogens is 1. The highest BCUT2D eigenvalue weighted by Gasteiger charge is 2.28. The van der Waals surface area contributed by atoms with Gasteiger partial charge >= 0.3 is 0 Å². The third-order valence-electron chi connectivity index (χ3n) is 4.27. The molecule has 0 bridgehead atoms. The summed E-state index contributed by atoms with van der Waals surface area (Å²) in [5, 5.41) is 0. The SMILES string of the molecule is C[C@@H](NS(=O)(=O)c1ccc(Br)cc1)C(=O)N1CCc2ccccc2C1. The minimum absolute atomic E-state index is 0.138. The lowest BCUT2D eigenvalue weighted by Gasteiger charge is -2.31. The first-order valence-electron chi connectivity index (χ1n) is 8.00. The Labute approximate surface area is 156 Å². The van der Waals surface area contributed by atoms with E-state index < -0.39 is 16.1 Å². The maximum absolute atomic E-state index is 12.7. The average Bonchev–Trinajstić information content (AvgIpc) is 2.60. The number of benzene rings is 2. The molecule has 0 unspecified atom stereocenters. The van der Waals surface area contributed by atoms with E-state index in [9.17, 15) is 13.2 Å². The zero-order valence-corrected chi connectivity index (χ0v) is 16.2. The van der Waals surface area contributed by atoms with Gasteiger partial charge in [0, 0.05) is 17.6 Å². The number of carbonyl (C=O) groups excluding carboxylic acids is 1. The second-order valence-electron chi connectivity index (χ2n) is 6.08. The Morgan fingerprint density at radius 2 is 1.76 bits per heavy atom. The standard InChI is InChI=1S/C18H19BrN2O3S/c1-13(20-25(23,24)17-8-6-16(19)7-9-17)18(22)21-11-10-14-4-2-3-5-15(14)12-21/h2-9,13,20H,10-12H2,1H3/t13-/m1/s1. The zero-order chi connectivity index (χ0) is 18.0. The molecule has 0 spiro atoms. The van der Waals surface area contributed by atoms with Gasteiger partial charge in [-0.2, -0.15) is 4.72 Å². The molecule has 5 nitrogen and oxygen atoms in total. The molecular formula is C18H19BrN2O3S. The van der Waals surface area contributed by atoms with Crippen molar-refractivity contribution in [2.75, 3.05) is 6.54 Å². The van der Waals surface area contributed by atoms with Crippen LogP contribution in [0.2, 0.25) is 0 Å². The largest absolute Gasteiger partial charge is 0.337 e. The minimum Gasteiger partial charge on any atom is -0.337 e. The van der Waals surface area contributed by atoms with Crippen molar-refractivity contribution in [2.45, 2.75) is 30.8 Å². The van der Waals surface area contributed by atoms with Crippen LogP contribution in [0.5, 0.6) is 0 Å². The van der Waals surface area contributed by atoms with Crippen molar-refractivity contribution in [3.05, 3.63) is 64.1 Å². The van der Waals surface area contributed by atoms with Gasteiger partial charge in [0.05, 0.1) is 10.9 Å². The molecule has 0 fully saturated rings. The molecule has 7 heteroatoms. The van der Waals surface area contributed by atoms with Crippen LogP contribution in [0.25, 0.3) is 0 Å². The molecule has 0 aliphatic carbocycles. The van der Waals surface area contributed by atoms with E-state index in [1.165, 1.54) is 17.7 Å². The molecule has 0 saturated heterocycles. The third-order valence-corrected chi connectivity index (χ3v) is 6.35. The van der Waals surface area contributed by atoms with Crippen LogP contribution < -0.4 is 4.72 Å². The molecular weight excluding hydrogens is 404 g/mol. The summed E-state index contributed by atoms with van der Waals surface area (Å²) in [4.78, 5) is 14.5. The van der Waals surface area contributed by atoms with Crippen molar-refractivity contribution < 1.29 is 13.2 Å². The molecule has 0 saturated carbocycles. The van der Waals surface area contributed by atoms with Crippen LogP contribution in [0.3, 0.4) is 0 Å². The van der Waals surface area contributed by atoms with Gasteiger partial charge < -0.3 is 4.90 Å². The normalized spacial score (nSPS) is 15.5. The number of nitrogens with zero attached hydrogens (tertiary/aromatic N) is 1. The summed E-state index contributed by atoms with van der Waals surface area (Å²) in [5.74, 6) is -0.213. The molecule has 3 rings (SSSR count). The summed E-state index contributed by atoms with van der Waals surface area (Å²) in [7, 11) is -3.74. The predicted molar refractivity (Wildman–Crippen MR) is 99.5 cm³/mol. The second-order valence-corrected chi connectivity index (χ2v) is 8.71. The van der Waals surface area contributed by atoms with E-state index in [1.54, 1.807) is 24.0 Å². The van der Waals surface area contributed by atoms with Crippen LogP contribution in [-0.2, 0) is 27.8 Å². The molecule has 2 aromatic carbocycles. The van der Waals surface area contributed by atoms with Gasteiger partial charge in [-0.05, 0) is 48.7 Å². The lowest BCUT2D eigenvalue weighted by Crippen LogP contribution is -2.48. The van der Waals surface area contributed by atoms with Gasteiger partial charge in [-0.25, -0.2) is 8.42 Å². The molecule has 1 atom stereocenters. The molecule has 1 heterocycles. The minimum atomic E-state index is -3.74. The van der Waals surface area contributed by atoms with Crippen LogP contribution in [0, 0.1) is 0 Å². The van der Waals surface area contributed by atoms with Crippen LogP contribution in [-0.4, -0.2) is 31.8 Å². The number of amides is 1. The number of carbonyl (C=O) groups is 1. The Morgan fingerprint density at radius 3 is 2.44 bits per heavy atom. The van der Waals surface area contributed by atoms with Crippen molar-refractivity contribution in [1.82, 2.24) is 9.62 Å². The summed E-state index contributed by atoms with van der Waals surface area (Å²) < 4.78 is 28.2. The maximum Gasteiger partial charge on any atom is 0.241 e. The molecule has 1 aliphatic heterocycles. The highest BCUT2D eigenvalue weighted by molar-refractivity contribution is 9.10. The smallest absolute Gasteiger partial charge is 0.241 e. The van der Waals surface area contributed by atoms with E-state index in [0.29, 0.717) is 13.1 Å². The summed E-state index contributed by atoms with van der Waals surface area (Å²) in [6, 6.07) is 13.5. The number of rotatable bonds is 4. The quantitative estimate of drug-likeness (QED) is 0.823. The monoisotopic (exact) mass is 422 g/mol. The first-order valence-corrected chi connectivity index (χ1v) is 10.3. The zero-order valence-electron chi connectivity index (χ0n) is 13.8. The number of hydrogen-bond donors (Lipinski definition) is 1. The molecule has 0 radical (unpaired) electrons. The molecule has 0 aromatic heterocycles. The third kappa shape index (κ3) is 4.11. The number of nitrogens with one attached hydrogen (secondary N) is 1. The highest BCUT2D eigenvalue weighted by atomic mass is 79.9. The van der Waals surface area contributed by atoms with Gasteiger partial charge in [-0.1, -0.05) is 40.2 Å². The fraction of sp³-hybridized carbons (Fsp3) is 0.278. The topological polar surface area (TPSA) is 66.5 Å². The van der Waals surface area contributed by atoms with Gasteiger partial charge in [0.2, 0.25) is 15.9 Å². The lowest BCUT2D eigenvalue weighted by atomic mass is 9.99. The fourth-order valence-electron chi connectivity index (χ4n) is 2.92. The molecule has 1 amide bonds. The fourth-order valence-corrected chi connectivity index (χ4v) is 4.38. The van der Waals surface area contributed by atoms with Crippen LogP contribution in [0.15, 0.2) is 57.9 Å². The van der Waals surface area contributed by atoms with Crippen molar-refractivity contribution in [3.63, 3.8) is 0 Å². The molecule has 25 heavy (non-hydrogen) atoms. The van der Waals surface area contributed by atoms with Gasteiger partial charge in [0.25, 0.3) is 0 Å². The molecule has 1 aliphatic rings. The number of sulfonamides is 1. The molecule has 1 N–H and O–H groups in total. The Kier molecular flexibility index (Phi) is 5.27. The van der Waals surface area contributed by atoms with Gasteiger partial charge in [-0.15, -0.1) is 0 Å². The van der Waals surface area contributed by atoms with E-state index in [2.05, 4.69) is 26.7 Å². The van der Waals surface area contributed by atoms with E-state index in [-0.39, 0.29) is 10.8 Å². The predicted octanol–water partition coefficient (Wildman–Crippen LogP) is 2.70. The van der Waals surface area contributed by atoms with Crippen molar-refractivity contribution >= 4 is 31.9 Å². The average molecular weight is 423 g/mol. The Balaban J connectivity index is 1.70. The highest BCUT2D eigenvalue weighted by Crippen LogP contribution is 2.20. The lowest BCUT2D eigenvalue weighted by molar-refractivity contribution is -0.133. The summed E-state index contributed by atoms with van der Waals surface area (Å²) in [6.45, 7) is 2.69. The van der Waals surface area contributed by atoms with E-state index in [1.807, 2.05) is 18.2 Å². The molecule has 2 aromatic rings. The van der Waals surface area contributed by atoms with E-state index >= 15 is 0 Å². The second kappa shape index (κ2) is 7.27. The van der Waals surface area contributed by atoms with Crippen LogP contribution >= 0.6 is 15.9 Å². The van der Waals surface area contributed by atoms with Crippen molar-refractivity contribution in [3.8, 4) is 0 Å². The van der Waals surface area contributed by atoms with Crippen molar-refractivity contribution in [2.24, 2.45) is 0 Å². The number of hydrogen-bond acceptors (Lipinski definition) is 3. The Hall–Kier alpha value is -1.70. The van der Waals surface area contributed by atoms with Crippen LogP contribution in [0.1, 0.15) is 18.1 Å². The summed E-state index contributed by atoms with van der Waals surface area (Å²) >= 11 is 3.28. The van der Waals surface area contributed by atoms with Gasteiger partial charge in [0.1, 0.15) is 0 Å². The van der Waals surface area contributed by atoms with Gasteiger partial charge in [0.15, 0.2) is 0 Å². The maximum atomic E-state index is 12.7. The molecule has 132 valence electrons.